The molecule has 0 unspecified atom stereocenters. The molecule has 9 nitrogen and oxygen atoms in total. The van der Waals surface area contributed by atoms with Gasteiger partial charge in [0.2, 0.25) is 22.7 Å². The van der Waals surface area contributed by atoms with E-state index in [9.17, 15) is 20.1 Å². The van der Waals surface area contributed by atoms with Crippen LogP contribution in [0.5, 0.6) is 40.2 Å². The summed E-state index contributed by atoms with van der Waals surface area (Å²) < 4.78 is 26.0. The molecule has 2 aromatic carbocycles. The lowest BCUT2D eigenvalue weighted by Gasteiger charge is -2.15. The summed E-state index contributed by atoms with van der Waals surface area (Å²) in [6.45, 7) is 0. The molecule has 0 amide bonds. The molecule has 0 radical (unpaired) electrons. The SMILES string of the molecule is COc1ccc(-c2oc3cc(OC)c(OC)c(O)c3c(=O)c2O)c(O)c1OC. The van der Waals surface area contributed by atoms with Gasteiger partial charge in [-0.1, -0.05) is 0 Å². The van der Waals surface area contributed by atoms with Crippen molar-refractivity contribution in [1.29, 1.82) is 0 Å². The van der Waals surface area contributed by atoms with Crippen LogP contribution in [-0.4, -0.2) is 43.8 Å². The standard InChI is InChI=1S/C19H18O9/c1-24-9-6-5-8(13(20)18(9)26-3)17-16(23)14(21)12-10(28-17)7-11(25-2)19(27-4)15(12)22/h5-7,20,22-23H,1-4H3. The van der Waals surface area contributed by atoms with E-state index < -0.39 is 22.7 Å². The van der Waals surface area contributed by atoms with E-state index >= 15 is 0 Å². The summed E-state index contributed by atoms with van der Waals surface area (Å²) in [4.78, 5) is 12.7. The van der Waals surface area contributed by atoms with Gasteiger partial charge in [-0.05, 0) is 12.1 Å². The number of rotatable bonds is 5. The van der Waals surface area contributed by atoms with Crippen LogP contribution in [0.25, 0.3) is 22.3 Å². The highest BCUT2D eigenvalue weighted by atomic mass is 16.5. The molecular formula is C19H18O9. The number of phenolic OH excluding ortho intramolecular Hbond substituents is 2. The second kappa shape index (κ2) is 7.10. The molecule has 0 bridgehead atoms. The molecule has 0 saturated heterocycles. The number of ether oxygens (including phenoxy) is 4. The van der Waals surface area contributed by atoms with Gasteiger partial charge in [0.05, 0.1) is 34.0 Å². The van der Waals surface area contributed by atoms with E-state index in [4.69, 9.17) is 23.4 Å². The van der Waals surface area contributed by atoms with Crippen LogP contribution in [0.1, 0.15) is 0 Å². The monoisotopic (exact) mass is 390 g/mol. The van der Waals surface area contributed by atoms with Crippen molar-refractivity contribution in [1.82, 2.24) is 0 Å². The third kappa shape index (κ3) is 2.68. The normalized spacial score (nSPS) is 10.7. The summed E-state index contributed by atoms with van der Waals surface area (Å²) in [6, 6.07) is 4.20. The number of hydrogen-bond acceptors (Lipinski definition) is 9. The predicted molar refractivity (Wildman–Crippen MR) is 99.1 cm³/mol. The fourth-order valence-electron chi connectivity index (χ4n) is 2.91. The largest absolute Gasteiger partial charge is 0.504 e. The first-order valence-electron chi connectivity index (χ1n) is 7.97. The van der Waals surface area contributed by atoms with Gasteiger partial charge in [-0.3, -0.25) is 4.79 Å². The molecule has 1 aromatic heterocycles. The smallest absolute Gasteiger partial charge is 0.238 e. The summed E-state index contributed by atoms with van der Waals surface area (Å²) >= 11 is 0. The van der Waals surface area contributed by atoms with Crippen LogP contribution in [0, 0.1) is 0 Å². The molecular weight excluding hydrogens is 372 g/mol. The van der Waals surface area contributed by atoms with Crippen LogP contribution in [0.3, 0.4) is 0 Å². The first-order chi connectivity index (χ1) is 13.4. The maximum atomic E-state index is 12.7. The van der Waals surface area contributed by atoms with Gasteiger partial charge in [-0.25, -0.2) is 0 Å². The second-order valence-electron chi connectivity index (χ2n) is 5.64. The number of aromatic hydroxyl groups is 3. The zero-order chi connectivity index (χ0) is 20.6. The Morgan fingerprint density at radius 1 is 0.786 bits per heavy atom. The number of benzene rings is 2. The minimum Gasteiger partial charge on any atom is -0.504 e. The Labute approximate surface area is 158 Å². The Balaban J connectivity index is 2.39. The number of fused-ring (bicyclic) bond motifs is 1. The number of hydrogen-bond donors (Lipinski definition) is 3. The molecule has 148 valence electrons. The van der Waals surface area contributed by atoms with Crippen molar-refractivity contribution in [3.63, 3.8) is 0 Å². The topological polar surface area (TPSA) is 128 Å². The number of methoxy groups -OCH3 is 4. The third-order valence-electron chi connectivity index (χ3n) is 4.24. The van der Waals surface area contributed by atoms with Gasteiger partial charge in [0.25, 0.3) is 0 Å². The van der Waals surface area contributed by atoms with Crippen LogP contribution < -0.4 is 24.4 Å². The van der Waals surface area contributed by atoms with Gasteiger partial charge in [-0.15, -0.1) is 0 Å². The summed E-state index contributed by atoms with van der Waals surface area (Å²) in [5.74, 6) is -1.78. The van der Waals surface area contributed by atoms with Gasteiger partial charge in [-0.2, -0.15) is 0 Å². The molecule has 3 N–H and O–H groups in total. The van der Waals surface area contributed by atoms with E-state index in [0.717, 1.165) is 0 Å². The van der Waals surface area contributed by atoms with Crippen molar-refractivity contribution in [3.8, 4) is 51.6 Å². The van der Waals surface area contributed by atoms with Crippen LogP contribution in [0.2, 0.25) is 0 Å². The molecule has 0 aliphatic carbocycles. The molecule has 3 rings (SSSR count). The minimum absolute atomic E-state index is 0.00250. The maximum Gasteiger partial charge on any atom is 0.238 e. The highest BCUT2D eigenvalue weighted by Gasteiger charge is 2.26. The van der Waals surface area contributed by atoms with Crippen LogP contribution in [0.15, 0.2) is 27.4 Å². The first-order valence-corrected chi connectivity index (χ1v) is 7.97. The Hall–Kier alpha value is -3.75. The molecule has 3 aromatic rings. The molecule has 0 atom stereocenters. The Kier molecular flexibility index (Phi) is 4.83. The van der Waals surface area contributed by atoms with E-state index in [1.54, 1.807) is 0 Å². The van der Waals surface area contributed by atoms with Crippen molar-refractivity contribution in [2.24, 2.45) is 0 Å². The highest BCUT2D eigenvalue weighted by molar-refractivity contribution is 5.92. The van der Waals surface area contributed by atoms with Gasteiger partial charge < -0.3 is 38.7 Å². The molecule has 28 heavy (non-hydrogen) atoms. The third-order valence-corrected chi connectivity index (χ3v) is 4.24. The van der Waals surface area contributed by atoms with E-state index in [0.29, 0.717) is 0 Å². The Morgan fingerprint density at radius 3 is 1.96 bits per heavy atom. The summed E-state index contributed by atoms with van der Waals surface area (Å²) in [5, 5.41) is 31.0. The van der Waals surface area contributed by atoms with Gasteiger partial charge >= 0.3 is 0 Å². The molecule has 0 saturated carbocycles. The fraction of sp³-hybridized carbons (Fsp3) is 0.211. The first kappa shape index (κ1) is 19.0. The van der Waals surface area contributed by atoms with Crippen LogP contribution in [0.4, 0.5) is 0 Å². The molecule has 0 spiro atoms. The minimum atomic E-state index is -0.913. The van der Waals surface area contributed by atoms with Crippen LogP contribution >= 0.6 is 0 Å². The second-order valence-corrected chi connectivity index (χ2v) is 5.64. The van der Waals surface area contributed by atoms with Gasteiger partial charge in [0, 0.05) is 6.07 Å². The molecule has 1 heterocycles. The highest BCUT2D eigenvalue weighted by Crippen LogP contribution is 2.47. The molecule has 0 fully saturated rings. The quantitative estimate of drug-likeness (QED) is 0.602. The average Bonchev–Trinajstić information content (AvgIpc) is 2.69. The molecule has 0 aliphatic rings. The Bertz CT molecular complexity index is 1120. The molecule has 9 heteroatoms. The fourth-order valence-corrected chi connectivity index (χ4v) is 2.91. The lowest BCUT2D eigenvalue weighted by atomic mass is 10.1. The summed E-state index contributed by atoms with van der Waals surface area (Å²) in [5.41, 5.74) is -1.01. The van der Waals surface area contributed by atoms with Crippen molar-refractivity contribution in [2.45, 2.75) is 0 Å². The van der Waals surface area contributed by atoms with E-state index in [1.807, 2.05) is 0 Å². The number of phenols is 2. The summed E-state index contributed by atoms with van der Waals surface area (Å²) in [7, 11) is 5.36. The van der Waals surface area contributed by atoms with Crippen LogP contribution in [-0.2, 0) is 0 Å². The lowest BCUT2D eigenvalue weighted by Crippen LogP contribution is -2.05. The Morgan fingerprint density at radius 2 is 1.39 bits per heavy atom. The van der Waals surface area contributed by atoms with E-state index in [-0.39, 0.29) is 45.3 Å². The van der Waals surface area contributed by atoms with Crippen molar-refractivity contribution < 1.29 is 38.7 Å². The zero-order valence-electron chi connectivity index (χ0n) is 15.5. The zero-order valence-corrected chi connectivity index (χ0v) is 15.5. The van der Waals surface area contributed by atoms with Crippen molar-refractivity contribution in [2.75, 3.05) is 28.4 Å². The van der Waals surface area contributed by atoms with Gasteiger partial charge in [0.15, 0.2) is 28.8 Å². The van der Waals surface area contributed by atoms with E-state index in [2.05, 4.69) is 0 Å². The van der Waals surface area contributed by atoms with E-state index in [1.165, 1.54) is 46.6 Å². The average molecular weight is 390 g/mol. The lowest BCUT2D eigenvalue weighted by molar-refractivity contribution is 0.332. The van der Waals surface area contributed by atoms with Crippen molar-refractivity contribution >= 4 is 11.0 Å². The maximum absolute atomic E-state index is 12.7. The van der Waals surface area contributed by atoms with Gasteiger partial charge in [0.1, 0.15) is 11.0 Å². The molecule has 0 aliphatic heterocycles. The predicted octanol–water partition coefficient (Wildman–Crippen LogP) is 2.61. The van der Waals surface area contributed by atoms with Crippen molar-refractivity contribution in [3.05, 3.63) is 28.4 Å². The summed E-state index contributed by atoms with van der Waals surface area (Å²) in [6.07, 6.45) is 0.